The molecule has 0 radical (unpaired) electrons. The van der Waals surface area contributed by atoms with Gasteiger partial charge < -0.3 is 15.4 Å². The van der Waals surface area contributed by atoms with E-state index in [1.54, 1.807) is 24.3 Å². The number of carbonyl (C=O) groups is 2. The molecule has 2 rings (SSSR count). The maximum atomic E-state index is 12.7. The van der Waals surface area contributed by atoms with Crippen LogP contribution in [0.2, 0.25) is 0 Å². The monoisotopic (exact) mass is 376 g/mol. The van der Waals surface area contributed by atoms with Gasteiger partial charge in [0.2, 0.25) is 5.91 Å². The Morgan fingerprint density at radius 2 is 1.77 bits per heavy atom. The number of nitrogens with one attached hydrogen (secondary N) is 2. The topological polar surface area (TPSA) is 102 Å². The molecule has 0 bridgehead atoms. The van der Waals surface area contributed by atoms with Crippen LogP contribution in [-0.2, 0) is 14.6 Å². The van der Waals surface area contributed by atoms with E-state index in [-0.39, 0.29) is 22.1 Å². The van der Waals surface area contributed by atoms with E-state index in [0.717, 1.165) is 0 Å². The molecule has 0 heterocycles. The maximum absolute atomic E-state index is 12.7. The van der Waals surface area contributed by atoms with Gasteiger partial charge in [-0.1, -0.05) is 19.1 Å². The van der Waals surface area contributed by atoms with Gasteiger partial charge in [0.05, 0.1) is 29.0 Å². The molecule has 26 heavy (non-hydrogen) atoms. The lowest BCUT2D eigenvalue weighted by atomic mass is 10.2. The molecule has 0 atom stereocenters. The normalized spacial score (nSPS) is 10.9. The van der Waals surface area contributed by atoms with Crippen LogP contribution in [-0.4, -0.2) is 33.1 Å². The van der Waals surface area contributed by atoms with Gasteiger partial charge >= 0.3 is 0 Å². The van der Waals surface area contributed by atoms with Gasteiger partial charge in [0.1, 0.15) is 5.75 Å². The molecule has 2 aromatic rings. The number of sulfone groups is 1. The van der Waals surface area contributed by atoms with Crippen molar-refractivity contribution >= 4 is 33.0 Å². The first kappa shape index (κ1) is 19.5. The summed E-state index contributed by atoms with van der Waals surface area (Å²) < 4.78 is 29.7. The quantitative estimate of drug-likeness (QED) is 0.807. The third kappa shape index (κ3) is 4.40. The number of ether oxygens (including phenoxy) is 1. The summed E-state index contributed by atoms with van der Waals surface area (Å²) in [6.07, 6.45) is 0. The van der Waals surface area contributed by atoms with Crippen molar-refractivity contribution in [3.8, 4) is 5.75 Å². The summed E-state index contributed by atoms with van der Waals surface area (Å²) in [7, 11) is -2.11. The van der Waals surface area contributed by atoms with Crippen molar-refractivity contribution in [1.29, 1.82) is 0 Å². The van der Waals surface area contributed by atoms with Crippen LogP contribution in [0, 0.1) is 0 Å². The fraction of sp³-hybridized carbons (Fsp3) is 0.222. The zero-order valence-corrected chi connectivity index (χ0v) is 15.5. The van der Waals surface area contributed by atoms with E-state index in [9.17, 15) is 18.0 Å². The average Bonchev–Trinajstić information content (AvgIpc) is 2.61. The predicted octanol–water partition coefficient (Wildman–Crippen LogP) is 2.70. The molecule has 0 aliphatic heterocycles. The zero-order valence-electron chi connectivity index (χ0n) is 14.7. The van der Waals surface area contributed by atoms with E-state index >= 15 is 0 Å². The van der Waals surface area contributed by atoms with Crippen molar-refractivity contribution in [2.24, 2.45) is 0 Å². The van der Waals surface area contributed by atoms with Crippen LogP contribution in [0.15, 0.2) is 47.4 Å². The van der Waals surface area contributed by atoms with Crippen LogP contribution in [0.4, 0.5) is 11.4 Å². The second-order valence-electron chi connectivity index (χ2n) is 5.45. The van der Waals surface area contributed by atoms with Crippen LogP contribution in [0.25, 0.3) is 0 Å². The fourth-order valence-electron chi connectivity index (χ4n) is 2.36. The van der Waals surface area contributed by atoms with Gasteiger partial charge in [0.15, 0.2) is 9.84 Å². The summed E-state index contributed by atoms with van der Waals surface area (Å²) >= 11 is 0. The summed E-state index contributed by atoms with van der Waals surface area (Å²) in [4.78, 5) is 23.9. The van der Waals surface area contributed by atoms with Gasteiger partial charge in [0.25, 0.3) is 5.91 Å². The first-order chi connectivity index (χ1) is 12.3. The van der Waals surface area contributed by atoms with E-state index in [1.165, 1.54) is 39.2 Å². The van der Waals surface area contributed by atoms with Gasteiger partial charge in [-0.3, -0.25) is 9.59 Å². The van der Waals surface area contributed by atoms with E-state index < -0.39 is 15.7 Å². The maximum Gasteiger partial charge on any atom is 0.257 e. The largest absolute Gasteiger partial charge is 0.495 e. The third-order valence-corrected chi connectivity index (χ3v) is 5.40. The molecular weight excluding hydrogens is 356 g/mol. The van der Waals surface area contributed by atoms with Crippen molar-refractivity contribution in [3.63, 3.8) is 0 Å². The van der Waals surface area contributed by atoms with E-state index in [2.05, 4.69) is 10.6 Å². The highest BCUT2D eigenvalue weighted by Crippen LogP contribution is 2.29. The highest BCUT2D eigenvalue weighted by atomic mass is 32.2. The minimum Gasteiger partial charge on any atom is -0.495 e. The zero-order chi connectivity index (χ0) is 19.3. The molecule has 138 valence electrons. The Balaban J connectivity index is 2.41. The Bertz CT molecular complexity index is 938. The lowest BCUT2D eigenvalue weighted by Gasteiger charge is -2.14. The smallest absolute Gasteiger partial charge is 0.257 e. The first-order valence-electron chi connectivity index (χ1n) is 7.87. The number of anilines is 2. The van der Waals surface area contributed by atoms with E-state index in [1.807, 2.05) is 0 Å². The van der Waals surface area contributed by atoms with Crippen molar-refractivity contribution < 1.29 is 22.7 Å². The fourth-order valence-corrected chi connectivity index (χ4v) is 3.45. The minimum absolute atomic E-state index is 0.0306. The molecule has 8 heteroatoms. The molecule has 2 amide bonds. The Kier molecular flexibility index (Phi) is 5.99. The number of methoxy groups -OCH3 is 1. The Morgan fingerprint density at radius 1 is 1.08 bits per heavy atom. The second kappa shape index (κ2) is 8.01. The van der Waals surface area contributed by atoms with Crippen molar-refractivity contribution in [3.05, 3.63) is 48.0 Å². The molecule has 0 unspecified atom stereocenters. The minimum atomic E-state index is -3.55. The molecule has 0 spiro atoms. The van der Waals surface area contributed by atoms with Gasteiger partial charge in [-0.15, -0.1) is 0 Å². The van der Waals surface area contributed by atoms with Gasteiger partial charge in [-0.05, 0) is 30.3 Å². The number of hydrogen-bond donors (Lipinski definition) is 2. The molecule has 0 fully saturated rings. The van der Waals surface area contributed by atoms with Gasteiger partial charge in [-0.25, -0.2) is 8.42 Å². The highest BCUT2D eigenvalue weighted by Gasteiger charge is 2.21. The van der Waals surface area contributed by atoms with Crippen LogP contribution in [0.5, 0.6) is 5.75 Å². The van der Waals surface area contributed by atoms with Crippen LogP contribution in [0.1, 0.15) is 24.2 Å². The molecule has 0 aliphatic rings. The van der Waals surface area contributed by atoms with Crippen molar-refractivity contribution in [2.45, 2.75) is 18.7 Å². The van der Waals surface area contributed by atoms with Crippen molar-refractivity contribution in [1.82, 2.24) is 0 Å². The lowest BCUT2D eigenvalue weighted by Crippen LogP contribution is -2.18. The molecule has 2 N–H and O–H groups in total. The Hall–Kier alpha value is -2.87. The molecule has 7 nitrogen and oxygen atoms in total. The third-order valence-electron chi connectivity index (χ3n) is 3.61. The van der Waals surface area contributed by atoms with E-state index in [0.29, 0.717) is 17.1 Å². The average molecular weight is 376 g/mol. The number of benzene rings is 2. The Morgan fingerprint density at radius 3 is 2.38 bits per heavy atom. The summed E-state index contributed by atoms with van der Waals surface area (Å²) in [6.45, 7) is 2.89. The van der Waals surface area contributed by atoms with Crippen molar-refractivity contribution in [2.75, 3.05) is 23.5 Å². The highest BCUT2D eigenvalue weighted by molar-refractivity contribution is 7.91. The molecule has 0 saturated carbocycles. The predicted molar refractivity (Wildman–Crippen MR) is 99.4 cm³/mol. The summed E-state index contributed by atoms with van der Waals surface area (Å²) in [5.41, 5.74) is 0.830. The molecule has 0 aromatic heterocycles. The van der Waals surface area contributed by atoms with Gasteiger partial charge in [-0.2, -0.15) is 0 Å². The molecule has 0 aliphatic carbocycles. The molecule has 2 aromatic carbocycles. The summed E-state index contributed by atoms with van der Waals surface area (Å²) in [6, 6.07) is 10.8. The van der Waals surface area contributed by atoms with Crippen LogP contribution < -0.4 is 15.4 Å². The van der Waals surface area contributed by atoms with Crippen LogP contribution in [0.3, 0.4) is 0 Å². The van der Waals surface area contributed by atoms with Crippen LogP contribution >= 0.6 is 0 Å². The number of carbonyl (C=O) groups excluding carboxylic acids is 2. The summed E-state index contributed by atoms with van der Waals surface area (Å²) in [5.74, 6) is -0.579. The number of hydrogen-bond acceptors (Lipinski definition) is 5. The SMILES string of the molecule is CCS(=O)(=O)c1ccccc1C(=O)Nc1cc(NC(C)=O)ccc1OC. The van der Waals surface area contributed by atoms with Gasteiger partial charge in [0, 0.05) is 12.6 Å². The first-order valence-corrected chi connectivity index (χ1v) is 9.52. The van der Waals surface area contributed by atoms with E-state index in [4.69, 9.17) is 4.74 Å². The summed E-state index contributed by atoms with van der Waals surface area (Å²) in [5, 5.41) is 5.26. The molecular formula is C18H20N2O5S. The molecule has 0 saturated heterocycles. The number of rotatable bonds is 6. The standard InChI is InChI=1S/C18H20N2O5S/c1-4-26(23,24)17-8-6-5-7-14(17)18(22)20-15-11-13(19-12(2)21)9-10-16(15)25-3/h5-11H,4H2,1-3H3,(H,19,21)(H,20,22). The number of amides is 2. The lowest BCUT2D eigenvalue weighted by molar-refractivity contribution is -0.114. The Labute approximate surface area is 152 Å². The second-order valence-corrected chi connectivity index (χ2v) is 7.70.